The van der Waals surface area contributed by atoms with Crippen molar-refractivity contribution in [2.45, 2.75) is 0 Å². The number of rotatable bonds is 2. The van der Waals surface area contributed by atoms with Crippen molar-refractivity contribution in [2.24, 2.45) is 0 Å². The van der Waals surface area contributed by atoms with Crippen molar-refractivity contribution in [3.8, 4) is 5.82 Å². The Bertz CT molecular complexity index is 545. The third kappa shape index (κ3) is 2.48. The zero-order valence-corrected chi connectivity index (χ0v) is 10.4. The van der Waals surface area contributed by atoms with Crippen molar-refractivity contribution in [1.82, 2.24) is 19.7 Å². The Hall–Kier alpha value is -2.21. The van der Waals surface area contributed by atoms with Gasteiger partial charge in [-0.1, -0.05) is 0 Å². The van der Waals surface area contributed by atoms with Crippen molar-refractivity contribution >= 4 is 5.91 Å². The molecule has 98 valence electrons. The van der Waals surface area contributed by atoms with Crippen LogP contribution < -0.4 is 0 Å². The van der Waals surface area contributed by atoms with E-state index in [1.54, 1.807) is 34.1 Å². The molecule has 0 radical (unpaired) electrons. The van der Waals surface area contributed by atoms with Crippen LogP contribution in [0.25, 0.3) is 5.82 Å². The smallest absolute Gasteiger partial charge is 0.255 e. The number of aromatic nitrogens is 3. The van der Waals surface area contributed by atoms with Crippen LogP contribution in [0.15, 0.2) is 36.8 Å². The van der Waals surface area contributed by atoms with E-state index in [-0.39, 0.29) is 5.91 Å². The Labute approximate surface area is 110 Å². The van der Waals surface area contributed by atoms with Crippen molar-refractivity contribution in [3.63, 3.8) is 0 Å². The highest BCUT2D eigenvalue weighted by atomic mass is 16.5. The molecule has 3 heterocycles. The molecule has 1 saturated heterocycles. The normalized spacial score (nSPS) is 15.5. The number of carbonyl (C=O) groups excluding carboxylic acids is 1. The van der Waals surface area contributed by atoms with E-state index >= 15 is 0 Å². The fourth-order valence-electron chi connectivity index (χ4n) is 2.00. The summed E-state index contributed by atoms with van der Waals surface area (Å²) < 4.78 is 6.89. The molecule has 6 heteroatoms. The van der Waals surface area contributed by atoms with Crippen molar-refractivity contribution in [1.29, 1.82) is 0 Å². The maximum Gasteiger partial charge on any atom is 0.255 e. The fourth-order valence-corrected chi connectivity index (χ4v) is 2.00. The molecule has 0 N–H and O–H groups in total. The molecule has 0 aliphatic carbocycles. The van der Waals surface area contributed by atoms with Gasteiger partial charge in [0.1, 0.15) is 0 Å². The zero-order valence-electron chi connectivity index (χ0n) is 10.4. The van der Waals surface area contributed by atoms with Gasteiger partial charge in [0, 0.05) is 31.7 Å². The number of hydrogen-bond acceptors (Lipinski definition) is 4. The molecule has 0 bridgehead atoms. The predicted molar refractivity (Wildman–Crippen MR) is 68.1 cm³/mol. The lowest BCUT2D eigenvalue weighted by atomic mass is 10.2. The Morgan fingerprint density at radius 3 is 2.74 bits per heavy atom. The quantitative estimate of drug-likeness (QED) is 0.797. The number of ether oxygens (including phenoxy) is 1. The molecule has 1 aliphatic heterocycles. The predicted octanol–water partition coefficient (Wildman–Crippen LogP) is 0.740. The average Bonchev–Trinajstić information content (AvgIpc) is 3.02. The van der Waals surface area contributed by atoms with Crippen LogP contribution in [0.5, 0.6) is 0 Å². The molecule has 1 fully saturated rings. The number of hydrogen-bond donors (Lipinski definition) is 0. The van der Waals surface area contributed by atoms with E-state index in [0.717, 1.165) is 0 Å². The van der Waals surface area contributed by atoms with Gasteiger partial charge in [-0.3, -0.25) is 4.79 Å². The minimum Gasteiger partial charge on any atom is -0.378 e. The SMILES string of the molecule is O=C(c1ccc(-n2cccn2)nc1)N1CCOCC1. The summed E-state index contributed by atoms with van der Waals surface area (Å²) in [4.78, 5) is 18.3. The number of morpholine rings is 1. The van der Waals surface area contributed by atoms with Crippen LogP contribution in [-0.4, -0.2) is 51.9 Å². The van der Waals surface area contributed by atoms with E-state index in [9.17, 15) is 4.79 Å². The molecular formula is C13H14N4O2. The third-order valence-electron chi connectivity index (χ3n) is 3.03. The first kappa shape index (κ1) is 11.9. The number of pyridine rings is 1. The largest absolute Gasteiger partial charge is 0.378 e. The van der Waals surface area contributed by atoms with Gasteiger partial charge in [0.05, 0.1) is 18.8 Å². The molecule has 2 aromatic heterocycles. The molecule has 0 saturated carbocycles. The van der Waals surface area contributed by atoms with Crippen LogP contribution in [-0.2, 0) is 4.74 Å². The lowest BCUT2D eigenvalue weighted by molar-refractivity contribution is 0.0302. The van der Waals surface area contributed by atoms with Crippen molar-refractivity contribution < 1.29 is 9.53 Å². The first-order valence-electron chi connectivity index (χ1n) is 6.18. The van der Waals surface area contributed by atoms with Crippen LogP contribution in [0, 0.1) is 0 Å². The molecule has 2 aromatic rings. The van der Waals surface area contributed by atoms with E-state index in [0.29, 0.717) is 37.7 Å². The maximum absolute atomic E-state index is 12.2. The summed E-state index contributed by atoms with van der Waals surface area (Å²) in [5, 5.41) is 4.09. The van der Waals surface area contributed by atoms with Crippen LogP contribution in [0.2, 0.25) is 0 Å². The number of amides is 1. The van der Waals surface area contributed by atoms with Gasteiger partial charge in [-0.15, -0.1) is 0 Å². The zero-order chi connectivity index (χ0) is 13.1. The minimum absolute atomic E-state index is 0.00261. The molecule has 0 spiro atoms. The molecule has 1 amide bonds. The molecule has 3 rings (SSSR count). The Morgan fingerprint density at radius 1 is 1.26 bits per heavy atom. The van der Waals surface area contributed by atoms with Crippen molar-refractivity contribution in [2.75, 3.05) is 26.3 Å². The second-order valence-electron chi connectivity index (χ2n) is 4.26. The van der Waals surface area contributed by atoms with E-state index in [1.807, 2.05) is 12.3 Å². The lowest BCUT2D eigenvalue weighted by Gasteiger charge is -2.26. The van der Waals surface area contributed by atoms with Crippen LogP contribution in [0.3, 0.4) is 0 Å². The first-order valence-corrected chi connectivity index (χ1v) is 6.18. The topological polar surface area (TPSA) is 60.2 Å². The highest BCUT2D eigenvalue weighted by Gasteiger charge is 2.18. The second-order valence-corrected chi connectivity index (χ2v) is 4.26. The van der Waals surface area contributed by atoms with Gasteiger partial charge >= 0.3 is 0 Å². The van der Waals surface area contributed by atoms with Crippen LogP contribution >= 0.6 is 0 Å². The highest BCUT2D eigenvalue weighted by Crippen LogP contribution is 2.09. The summed E-state index contributed by atoms with van der Waals surface area (Å²) in [6, 6.07) is 5.40. The Kier molecular flexibility index (Phi) is 3.24. The first-order chi connectivity index (χ1) is 9.34. The summed E-state index contributed by atoms with van der Waals surface area (Å²) >= 11 is 0. The monoisotopic (exact) mass is 258 g/mol. The van der Waals surface area contributed by atoms with E-state index < -0.39 is 0 Å². The molecule has 0 atom stereocenters. The molecule has 0 aromatic carbocycles. The second kappa shape index (κ2) is 5.19. The van der Waals surface area contributed by atoms with Gasteiger partial charge in [0.15, 0.2) is 5.82 Å². The Balaban J connectivity index is 1.76. The van der Waals surface area contributed by atoms with Crippen LogP contribution in [0.1, 0.15) is 10.4 Å². The molecule has 1 aliphatic rings. The van der Waals surface area contributed by atoms with Gasteiger partial charge in [0.2, 0.25) is 0 Å². The molecule has 19 heavy (non-hydrogen) atoms. The van der Waals surface area contributed by atoms with Gasteiger partial charge in [0.25, 0.3) is 5.91 Å². The minimum atomic E-state index is 0.00261. The summed E-state index contributed by atoms with van der Waals surface area (Å²) in [7, 11) is 0. The standard InChI is InChI=1S/C13H14N4O2/c18-13(16-6-8-19-9-7-16)11-2-3-12(14-10-11)17-5-1-4-15-17/h1-5,10H,6-9H2. The van der Waals surface area contributed by atoms with Crippen LogP contribution in [0.4, 0.5) is 0 Å². The maximum atomic E-state index is 12.2. The molecular weight excluding hydrogens is 244 g/mol. The average molecular weight is 258 g/mol. The van der Waals surface area contributed by atoms with E-state index in [1.165, 1.54) is 0 Å². The highest BCUT2D eigenvalue weighted by molar-refractivity contribution is 5.94. The summed E-state index contributed by atoms with van der Waals surface area (Å²) in [5.74, 6) is 0.700. The van der Waals surface area contributed by atoms with Gasteiger partial charge < -0.3 is 9.64 Å². The summed E-state index contributed by atoms with van der Waals surface area (Å²) in [6.07, 6.45) is 5.09. The van der Waals surface area contributed by atoms with Gasteiger partial charge in [-0.05, 0) is 18.2 Å². The summed E-state index contributed by atoms with van der Waals surface area (Å²) in [5.41, 5.74) is 0.595. The Morgan fingerprint density at radius 2 is 2.11 bits per heavy atom. The lowest BCUT2D eigenvalue weighted by Crippen LogP contribution is -2.40. The van der Waals surface area contributed by atoms with E-state index in [2.05, 4.69) is 10.1 Å². The van der Waals surface area contributed by atoms with Crippen molar-refractivity contribution in [3.05, 3.63) is 42.4 Å². The summed E-state index contributed by atoms with van der Waals surface area (Å²) in [6.45, 7) is 2.48. The molecule has 0 unspecified atom stereocenters. The van der Waals surface area contributed by atoms with Gasteiger partial charge in [-0.25, -0.2) is 9.67 Å². The number of nitrogens with zero attached hydrogens (tertiary/aromatic N) is 4. The molecule has 6 nitrogen and oxygen atoms in total. The van der Waals surface area contributed by atoms with E-state index in [4.69, 9.17) is 4.74 Å². The number of carbonyl (C=O) groups is 1. The fraction of sp³-hybridized carbons (Fsp3) is 0.308. The third-order valence-corrected chi connectivity index (χ3v) is 3.03. The van der Waals surface area contributed by atoms with Gasteiger partial charge in [-0.2, -0.15) is 5.10 Å².